The Balaban J connectivity index is 1.60. The molecule has 0 aliphatic carbocycles. The molecule has 2 atom stereocenters. The van der Waals surface area contributed by atoms with Crippen molar-refractivity contribution in [3.8, 4) is 5.88 Å². The van der Waals surface area contributed by atoms with Crippen LogP contribution in [-0.2, 0) is 11.2 Å². The van der Waals surface area contributed by atoms with E-state index in [0.29, 0.717) is 56.4 Å². The number of rotatable bonds is 4. The van der Waals surface area contributed by atoms with Gasteiger partial charge in [0.15, 0.2) is 11.6 Å². The lowest BCUT2D eigenvalue weighted by Crippen LogP contribution is -2.46. The average Bonchev–Trinajstić information content (AvgIpc) is 3.04. The Labute approximate surface area is 168 Å². The molecule has 9 heteroatoms. The molecule has 29 heavy (non-hydrogen) atoms. The van der Waals surface area contributed by atoms with Gasteiger partial charge in [0.1, 0.15) is 6.33 Å². The first-order valence-electron chi connectivity index (χ1n) is 9.73. The van der Waals surface area contributed by atoms with Crippen molar-refractivity contribution in [2.24, 2.45) is 5.92 Å². The third kappa shape index (κ3) is 3.87. The molecule has 0 radical (unpaired) electrons. The minimum absolute atomic E-state index is 0.0529. The Morgan fingerprint density at radius 1 is 1.24 bits per heavy atom. The maximum atomic E-state index is 14.9. The van der Waals surface area contributed by atoms with Gasteiger partial charge in [0.25, 0.3) is 5.91 Å². The van der Waals surface area contributed by atoms with Gasteiger partial charge in [-0.25, -0.2) is 19.3 Å². The van der Waals surface area contributed by atoms with Gasteiger partial charge in [-0.05, 0) is 12.5 Å². The van der Waals surface area contributed by atoms with Crippen molar-refractivity contribution in [1.82, 2.24) is 19.9 Å². The highest BCUT2D eigenvalue weighted by Gasteiger charge is 2.37. The number of halogens is 1. The van der Waals surface area contributed by atoms with Crippen LogP contribution in [0.1, 0.15) is 23.0 Å². The van der Waals surface area contributed by atoms with Crippen LogP contribution in [0.2, 0.25) is 0 Å². The molecule has 2 saturated heterocycles. The molecule has 8 nitrogen and oxygen atoms in total. The summed E-state index contributed by atoms with van der Waals surface area (Å²) in [5.41, 5.74) is 0.895. The number of hydrogen-bond acceptors (Lipinski definition) is 7. The Bertz CT molecular complexity index is 879. The fourth-order valence-corrected chi connectivity index (χ4v) is 3.92. The van der Waals surface area contributed by atoms with Crippen LogP contribution < -0.4 is 9.64 Å². The van der Waals surface area contributed by atoms with Crippen LogP contribution in [0.15, 0.2) is 24.7 Å². The van der Waals surface area contributed by atoms with Crippen LogP contribution in [0.3, 0.4) is 0 Å². The van der Waals surface area contributed by atoms with E-state index in [0.717, 1.165) is 0 Å². The third-order valence-electron chi connectivity index (χ3n) is 5.40. The van der Waals surface area contributed by atoms with E-state index < -0.39 is 0 Å². The predicted molar refractivity (Wildman–Crippen MR) is 104 cm³/mol. The Hall–Kier alpha value is -2.81. The summed E-state index contributed by atoms with van der Waals surface area (Å²) in [5, 5.41) is 0. The van der Waals surface area contributed by atoms with Crippen LogP contribution in [0, 0.1) is 11.7 Å². The zero-order chi connectivity index (χ0) is 20.4. The number of aryl methyl sites for hydroxylation is 1. The molecular formula is C20H24FN5O3. The summed E-state index contributed by atoms with van der Waals surface area (Å²) in [4.78, 5) is 29.2. The molecule has 0 N–H and O–H groups in total. The second-order valence-electron chi connectivity index (χ2n) is 7.32. The zero-order valence-electron chi connectivity index (χ0n) is 16.5. The van der Waals surface area contributed by atoms with Gasteiger partial charge in [-0.2, -0.15) is 0 Å². The van der Waals surface area contributed by atoms with Gasteiger partial charge in [-0.15, -0.1) is 0 Å². The topological polar surface area (TPSA) is 80.7 Å². The van der Waals surface area contributed by atoms with E-state index in [2.05, 4.69) is 15.0 Å². The number of anilines is 1. The second-order valence-corrected chi connectivity index (χ2v) is 7.32. The third-order valence-corrected chi connectivity index (χ3v) is 5.40. The number of amides is 1. The molecule has 2 aliphatic heterocycles. The number of nitrogens with zero attached hydrogens (tertiary/aromatic N) is 5. The smallest absolute Gasteiger partial charge is 0.255 e. The van der Waals surface area contributed by atoms with Crippen LogP contribution in [0.25, 0.3) is 0 Å². The lowest BCUT2D eigenvalue weighted by molar-refractivity contribution is 0.0496. The van der Waals surface area contributed by atoms with E-state index in [1.165, 1.54) is 19.6 Å². The van der Waals surface area contributed by atoms with Gasteiger partial charge in [-0.1, -0.05) is 6.92 Å². The average molecular weight is 401 g/mol. The number of aromatic nitrogens is 3. The lowest BCUT2D eigenvalue weighted by atomic mass is 10.1. The summed E-state index contributed by atoms with van der Waals surface area (Å²) in [6, 6.07) is 3.19. The van der Waals surface area contributed by atoms with Crippen LogP contribution >= 0.6 is 0 Å². The Morgan fingerprint density at radius 2 is 2.10 bits per heavy atom. The minimum Gasteiger partial charge on any atom is -0.481 e. The highest BCUT2D eigenvalue weighted by atomic mass is 19.1. The number of methoxy groups -OCH3 is 1. The van der Waals surface area contributed by atoms with Gasteiger partial charge in [-0.3, -0.25) is 4.79 Å². The largest absolute Gasteiger partial charge is 0.481 e. The molecule has 2 aliphatic rings. The van der Waals surface area contributed by atoms with Crippen molar-refractivity contribution in [3.63, 3.8) is 0 Å². The molecule has 0 aromatic carbocycles. The first-order valence-corrected chi connectivity index (χ1v) is 9.73. The van der Waals surface area contributed by atoms with Gasteiger partial charge >= 0.3 is 0 Å². The molecule has 154 valence electrons. The normalized spacial score (nSPS) is 21.6. The van der Waals surface area contributed by atoms with E-state index in [9.17, 15) is 9.18 Å². The highest BCUT2D eigenvalue weighted by molar-refractivity contribution is 5.94. The fraction of sp³-hybridized carbons (Fsp3) is 0.500. The molecule has 4 heterocycles. The van der Waals surface area contributed by atoms with Crippen LogP contribution in [0.4, 0.5) is 10.2 Å². The number of carbonyl (C=O) groups excluding carboxylic acids is 1. The summed E-state index contributed by atoms with van der Waals surface area (Å²) in [7, 11) is 1.53. The molecule has 2 aromatic heterocycles. The number of pyridine rings is 1. The van der Waals surface area contributed by atoms with Crippen molar-refractivity contribution in [1.29, 1.82) is 0 Å². The summed E-state index contributed by atoms with van der Waals surface area (Å²) < 4.78 is 25.8. The maximum Gasteiger partial charge on any atom is 0.255 e. The van der Waals surface area contributed by atoms with Gasteiger partial charge in [0, 0.05) is 37.8 Å². The monoisotopic (exact) mass is 401 g/mol. The summed E-state index contributed by atoms with van der Waals surface area (Å²) in [5.74, 6) is 0.311. The Morgan fingerprint density at radius 3 is 2.83 bits per heavy atom. The van der Waals surface area contributed by atoms with Crippen molar-refractivity contribution >= 4 is 11.7 Å². The number of fused-ring (bicyclic) bond motifs is 3. The quantitative estimate of drug-likeness (QED) is 0.769. The maximum absolute atomic E-state index is 14.9. The number of hydrogen-bond donors (Lipinski definition) is 0. The minimum atomic E-state index is -0.389. The molecule has 0 unspecified atom stereocenters. The van der Waals surface area contributed by atoms with Crippen molar-refractivity contribution < 1.29 is 18.7 Å². The van der Waals surface area contributed by atoms with E-state index in [1.54, 1.807) is 17.0 Å². The summed E-state index contributed by atoms with van der Waals surface area (Å²) >= 11 is 0. The standard InChI is InChI=1S/C20H24FN5O3/c1-3-16-18(21)19(24-12-23-16)26-8-13-7-25(9-15(26)11-29-10-13)20(27)14-4-5-17(28-2)22-6-14/h4-6,12-13,15H,3,7-11H2,1-2H3/t13-,15-/m0/s1. The Kier molecular flexibility index (Phi) is 5.57. The first kappa shape index (κ1) is 19.5. The second kappa shape index (κ2) is 8.28. The summed E-state index contributed by atoms with van der Waals surface area (Å²) in [6.07, 6.45) is 3.42. The summed E-state index contributed by atoms with van der Waals surface area (Å²) in [6.45, 7) is 4.32. The molecule has 2 aromatic rings. The van der Waals surface area contributed by atoms with Crippen molar-refractivity contribution in [3.05, 3.63) is 41.7 Å². The molecule has 0 spiro atoms. The van der Waals surface area contributed by atoms with E-state index in [4.69, 9.17) is 9.47 Å². The van der Waals surface area contributed by atoms with E-state index >= 15 is 0 Å². The molecule has 1 amide bonds. The number of carbonyl (C=O) groups is 1. The van der Waals surface area contributed by atoms with E-state index in [-0.39, 0.29) is 29.5 Å². The molecule has 0 saturated carbocycles. The van der Waals surface area contributed by atoms with Crippen LogP contribution in [-0.4, -0.2) is 71.8 Å². The van der Waals surface area contributed by atoms with Gasteiger partial charge in [0.2, 0.25) is 5.88 Å². The number of ether oxygens (including phenoxy) is 2. The molecule has 2 bridgehead atoms. The van der Waals surface area contributed by atoms with Crippen LogP contribution in [0.5, 0.6) is 5.88 Å². The zero-order valence-corrected chi connectivity index (χ0v) is 16.5. The van der Waals surface area contributed by atoms with Gasteiger partial charge in [0.05, 0.1) is 37.6 Å². The van der Waals surface area contributed by atoms with Crippen molar-refractivity contribution in [2.75, 3.05) is 44.9 Å². The van der Waals surface area contributed by atoms with Crippen molar-refractivity contribution in [2.45, 2.75) is 19.4 Å². The fourth-order valence-electron chi connectivity index (χ4n) is 3.92. The molecule has 4 rings (SSSR count). The SMILES string of the molecule is CCc1ncnc(N2C[C@H]3COC[C@@H]2CN(C(=O)c2ccc(OC)nc2)C3)c1F. The van der Waals surface area contributed by atoms with E-state index in [1.807, 2.05) is 11.8 Å². The molecule has 2 fully saturated rings. The predicted octanol–water partition coefficient (Wildman–Crippen LogP) is 1.56. The lowest BCUT2D eigenvalue weighted by Gasteiger charge is -2.32. The van der Waals surface area contributed by atoms with Gasteiger partial charge < -0.3 is 19.3 Å². The highest BCUT2D eigenvalue weighted by Crippen LogP contribution is 2.28. The first-order chi connectivity index (χ1) is 14.1. The molecular weight excluding hydrogens is 377 g/mol.